The monoisotopic (exact) mass is 294 g/mol. The number of non-ortho nitro benzene ring substituents is 1. The number of thioether (sulfide) groups is 1. The largest absolute Gasteiger partial charge is 0.325 e. The number of hydrogen-bond donors (Lipinski definition) is 1. The Labute approximate surface area is 122 Å². The molecule has 1 amide bonds. The minimum absolute atomic E-state index is 0.0244. The van der Waals surface area contributed by atoms with Gasteiger partial charge in [-0.15, -0.1) is 11.8 Å². The highest BCUT2D eigenvalue weighted by Crippen LogP contribution is 2.32. The summed E-state index contributed by atoms with van der Waals surface area (Å²) >= 11 is 1.72. The number of benzene rings is 1. The van der Waals surface area contributed by atoms with E-state index in [1.54, 1.807) is 23.9 Å². The van der Waals surface area contributed by atoms with Crippen molar-refractivity contribution in [1.82, 2.24) is 0 Å². The number of carbonyl (C=O) groups excluding carboxylic acids is 1. The lowest BCUT2D eigenvalue weighted by molar-refractivity contribution is -0.384. The van der Waals surface area contributed by atoms with Gasteiger partial charge in [-0.3, -0.25) is 14.9 Å². The summed E-state index contributed by atoms with van der Waals surface area (Å²) in [6, 6.07) is 5.90. The molecule has 1 atom stereocenters. The fourth-order valence-electron chi connectivity index (χ4n) is 2.29. The number of carbonyl (C=O) groups is 1. The molecule has 1 aliphatic rings. The van der Waals surface area contributed by atoms with E-state index in [9.17, 15) is 14.9 Å². The number of rotatable bonds is 5. The molecule has 1 N–H and O–H groups in total. The molecule has 1 unspecified atom stereocenters. The second-order valence-corrected chi connectivity index (χ2v) is 6.62. The molecule has 0 spiro atoms. The molecule has 108 valence electrons. The zero-order valence-electron chi connectivity index (χ0n) is 11.4. The van der Waals surface area contributed by atoms with Crippen LogP contribution in [0.2, 0.25) is 0 Å². The van der Waals surface area contributed by atoms with E-state index >= 15 is 0 Å². The maximum Gasteiger partial charge on any atom is 0.269 e. The number of nitrogens with zero attached hydrogens (tertiary/aromatic N) is 1. The average Bonchev–Trinajstić information content (AvgIpc) is 2.92. The molecular formula is C14H18N2O3S. The molecule has 1 aromatic rings. The quantitative estimate of drug-likeness (QED) is 0.665. The van der Waals surface area contributed by atoms with Crippen LogP contribution in [0, 0.1) is 10.1 Å². The van der Waals surface area contributed by atoms with Crippen molar-refractivity contribution in [2.45, 2.75) is 43.1 Å². The van der Waals surface area contributed by atoms with Crippen LogP contribution in [0.5, 0.6) is 0 Å². The lowest BCUT2D eigenvalue weighted by Crippen LogP contribution is -2.24. The molecule has 1 aliphatic carbocycles. The van der Waals surface area contributed by atoms with Gasteiger partial charge in [-0.1, -0.05) is 12.8 Å². The maximum absolute atomic E-state index is 12.1. The van der Waals surface area contributed by atoms with Crippen LogP contribution in [0.25, 0.3) is 0 Å². The molecule has 0 aromatic heterocycles. The van der Waals surface area contributed by atoms with Gasteiger partial charge in [-0.05, 0) is 31.9 Å². The van der Waals surface area contributed by atoms with Crippen molar-refractivity contribution in [1.29, 1.82) is 0 Å². The van der Waals surface area contributed by atoms with Gasteiger partial charge in [0.25, 0.3) is 5.69 Å². The number of nitro groups is 1. The first-order valence-electron chi connectivity index (χ1n) is 6.77. The summed E-state index contributed by atoms with van der Waals surface area (Å²) in [6.07, 6.45) is 4.91. The standard InChI is InChI=1S/C14H18N2O3S/c1-10(20-13-4-2-3-5-13)14(17)15-11-6-8-12(9-7-11)16(18)19/h6-10,13H,2-5H2,1H3,(H,15,17). The van der Waals surface area contributed by atoms with Crippen molar-refractivity contribution in [3.8, 4) is 0 Å². The van der Waals surface area contributed by atoms with Crippen molar-refractivity contribution < 1.29 is 9.72 Å². The molecule has 0 heterocycles. The van der Waals surface area contributed by atoms with E-state index in [1.807, 2.05) is 6.92 Å². The van der Waals surface area contributed by atoms with Gasteiger partial charge in [0, 0.05) is 23.1 Å². The molecule has 1 fully saturated rings. The normalized spacial score (nSPS) is 16.9. The van der Waals surface area contributed by atoms with Crippen LogP contribution in [-0.4, -0.2) is 21.3 Å². The van der Waals surface area contributed by atoms with Gasteiger partial charge in [0.05, 0.1) is 10.2 Å². The molecule has 20 heavy (non-hydrogen) atoms. The van der Waals surface area contributed by atoms with Gasteiger partial charge in [-0.2, -0.15) is 0 Å². The molecule has 6 heteroatoms. The van der Waals surface area contributed by atoms with Crippen LogP contribution < -0.4 is 5.32 Å². The Morgan fingerprint density at radius 1 is 1.35 bits per heavy atom. The first-order valence-corrected chi connectivity index (χ1v) is 7.71. The van der Waals surface area contributed by atoms with Gasteiger partial charge >= 0.3 is 0 Å². The SMILES string of the molecule is CC(SC1CCCC1)C(=O)Nc1ccc([N+](=O)[O-])cc1. The number of amides is 1. The number of nitro benzene ring substituents is 1. The Balaban J connectivity index is 1.87. The lowest BCUT2D eigenvalue weighted by atomic mass is 10.3. The van der Waals surface area contributed by atoms with E-state index in [4.69, 9.17) is 0 Å². The summed E-state index contributed by atoms with van der Waals surface area (Å²) in [7, 11) is 0. The first-order chi connectivity index (χ1) is 9.56. The van der Waals surface area contributed by atoms with Crippen molar-refractivity contribution in [3.05, 3.63) is 34.4 Å². The Hall–Kier alpha value is -1.56. The van der Waals surface area contributed by atoms with Crippen LogP contribution >= 0.6 is 11.8 Å². The lowest BCUT2D eigenvalue weighted by Gasteiger charge is -2.15. The second-order valence-electron chi connectivity index (χ2n) is 4.98. The number of hydrogen-bond acceptors (Lipinski definition) is 4. The van der Waals surface area contributed by atoms with Crippen molar-refractivity contribution >= 4 is 29.0 Å². The van der Waals surface area contributed by atoms with Gasteiger partial charge in [0.1, 0.15) is 0 Å². The minimum Gasteiger partial charge on any atom is -0.325 e. The molecule has 0 aliphatic heterocycles. The summed E-state index contributed by atoms with van der Waals surface area (Å²) < 4.78 is 0. The van der Waals surface area contributed by atoms with Crippen molar-refractivity contribution in [2.75, 3.05) is 5.32 Å². The van der Waals surface area contributed by atoms with Crippen LogP contribution in [-0.2, 0) is 4.79 Å². The zero-order valence-corrected chi connectivity index (χ0v) is 12.2. The summed E-state index contributed by atoms with van der Waals surface area (Å²) in [5.74, 6) is -0.0456. The van der Waals surface area contributed by atoms with E-state index in [0.717, 1.165) is 0 Å². The number of anilines is 1. The van der Waals surface area contributed by atoms with E-state index < -0.39 is 4.92 Å². The first kappa shape index (κ1) is 14.8. The fourth-order valence-corrected chi connectivity index (χ4v) is 3.65. The highest BCUT2D eigenvalue weighted by atomic mass is 32.2. The minimum atomic E-state index is -0.454. The predicted octanol–water partition coefficient (Wildman–Crippen LogP) is 3.60. The van der Waals surface area contributed by atoms with Crippen LogP contribution in [0.15, 0.2) is 24.3 Å². The zero-order chi connectivity index (χ0) is 14.5. The average molecular weight is 294 g/mol. The molecule has 0 saturated heterocycles. The highest BCUT2D eigenvalue weighted by molar-refractivity contribution is 8.01. The Morgan fingerprint density at radius 2 is 1.95 bits per heavy atom. The molecule has 0 radical (unpaired) electrons. The number of nitrogens with one attached hydrogen (secondary N) is 1. The third-order valence-corrected chi connectivity index (χ3v) is 4.89. The smallest absolute Gasteiger partial charge is 0.269 e. The summed E-state index contributed by atoms with van der Waals surface area (Å²) in [4.78, 5) is 22.1. The second kappa shape index (κ2) is 6.74. The van der Waals surface area contributed by atoms with Gasteiger partial charge in [0.2, 0.25) is 5.91 Å². The predicted molar refractivity (Wildman–Crippen MR) is 81.0 cm³/mol. The van der Waals surface area contributed by atoms with E-state index in [1.165, 1.54) is 37.8 Å². The highest BCUT2D eigenvalue weighted by Gasteiger charge is 2.22. The van der Waals surface area contributed by atoms with Gasteiger partial charge in [0.15, 0.2) is 0 Å². The molecule has 2 rings (SSSR count). The molecular weight excluding hydrogens is 276 g/mol. The summed E-state index contributed by atoms with van der Waals surface area (Å²) in [5, 5.41) is 13.8. The summed E-state index contributed by atoms with van der Waals surface area (Å²) in [5.41, 5.74) is 0.621. The third kappa shape index (κ3) is 3.96. The van der Waals surface area contributed by atoms with Crippen molar-refractivity contribution in [2.24, 2.45) is 0 Å². The Morgan fingerprint density at radius 3 is 2.50 bits per heavy atom. The van der Waals surface area contributed by atoms with E-state index in [2.05, 4.69) is 5.32 Å². The van der Waals surface area contributed by atoms with E-state index in [0.29, 0.717) is 10.9 Å². The Kier molecular flexibility index (Phi) is 5.00. The maximum atomic E-state index is 12.1. The Bertz CT molecular complexity index is 484. The van der Waals surface area contributed by atoms with Crippen LogP contribution in [0.3, 0.4) is 0 Å². The summed E-state index contributed by atoms with van der Waals surface area (Å²) in [6.45, 7) is 1.91. The van der Waals surface area contributed by atoms with Gasteiger partial charge < -0.3 is 5.32 Å². The third-order valence-electron chi connectivity index (χ3n) is 3.41. The van der Waals surface area contributed by atoms with Crippen molar-refractivity contribution in [3.63, 3.8) is 0 Å². The van der Waals surface area contributed by atoms with Gasteiger partial charge in [-0.25, -0.2) is 0 Å². The van der Waals surface area contributed by atoms with Crippen LogP contribution in [0.4, 0.5) is 11.4 Å². The molecule has 1 aromatic carbocycles. The molecule has 0 bridgehead atoms. The molecule has 5 nitrogen and oxygen atoms in total. The van der Waals surface area contributed by atoms with E-state index in [-0.39, 0.29) is 16.8 Å². The van der Waals surface area contributed by atoms with Crippen LogP contribution in [0.1, 0.15) is 32.6 Å². The fraction of sp³-hybridized carbons (Fsp3) is 0.500. The molecule has 1 saturated carbocycles. The topological polar surface area (TPSA) is 72.2 Å².